The minimum absolute atomic E-state index is 0.00714. The first-order valence-corrected chi connectivity index (χ1v) is 11.1. The highest BCUT2D eigenvalue weighted by molar-refractivity contribution is 8.18. The molecule has 5 nitrogen and oxygen atoms in total. The molecule has 4 rings (SSSR count). The molecular weight excluding hydrogens is 432 g/mol. The number of carbonyl (C=O) groups excluding carboxylic acids is 2. The van der Waals surface area contributed by atoms with Crippen LogP contribution >= 0.6 is 23.4 Å². The summed E-state index contributed by atoms with van der Waals surface area (Å²) in [5, 5.41) is 2.54. The van der Waals surface area contributed by atoms with Gasteiger partial charge in [-0.25, -0.2) is 0 Å². The van der Waals surface area contributed by atoms with Crippen LogP contribution in [0, 0.1) is 6.92 Å². The molecule has 1 saturated heterocycles. The Balaban J connectivity index is 1.83. The monoisotopic (exact) mass is 454 g/mol. The van der Waals surface area contributed by atoms with Crippen LogP contribution in [0.25, 0.3) is 22.9 Å². The van der Waals surface area contributed by atoms with Crippen molar-refractivity contribution in [1.82, 2.24) is 10.8 Å². The standard InChI is InChI=1S/C24H23ClN2O3S/c1-13-9-18-17(20(27-30-4)7-8-24(18,2)3)12-15(13)16-10-14(5-6-19(16)25)11-21-22(28)26-23(29)31-21/h5-7,9-12,27H,8H2,1-4H3,(H,26,28,29). The van der Waals surface area contributed by atoms with E-state index in [1.54, 1.807) is 13.2 Å². The molecule has 1 heterocycles. The molecule has 0 aromatic heterocycles. The van der Waals surface area contributed by atoms with E-state index in [9.17, 15) is 9.59 Å². The van der Waals surface area contributed by atoms with Gasteiger partial charge in [-0.3, -0.25) is 25.2 Å². The van der Waals surface area contributed by atoms with Gasteiger partial charge < -0.3 is 0 Å². The molecule has 0 radical (unpaired) electrons. The Kier molecular flexibility index (Phi) is 5.73. The molecule has 0 spiro atoms. The summed E-state index contributed by atoms with van der Waals surface area (Å²) in [5.74, 6) is -0.376. The number of amides is 2. The van der Waals surface area contributed by atoms with Crippen molar-refractivity contribution in [2.24, 2.45) is 0 Å². The summed E-state index contributed by atoms with van der Waals surface area (Å²) < 4.78 is 0. The molecule has 2 aromatic carbocycles. The maximum Gasteiger partial charge on any atom is 0.290 e. The predicted octanol–water partition coefficient (Wildman–Crippen LogP) is 5.81. The molecule has 0 unspecified atom stereocenters. The van der Waals surface area contributed by atoms with E-state index in [1.165, 1.54) is 5.56 Å². The number of rotatable bonds is 4. The van der Waals surface area contributed by atoms with Gasteiger partial charge in [0.25, 0.3) is 11.1 Å². The van der Waals surface area contributed by atoms with Gasteiger partial charge in [0.05, 0.1) is 17.7 Å². The number of aryl methyl sites for hydroxylation is 1. The van der Waals surface area contributed by atoms with E-state index in [0.29, 0.717) is 9.93 Å². The summed E-state index contributed by atoms with van der Waals surface area (Å²) in [6.45, 7) is 6.54. The zero-order chi connectivity index (χ0) is 22.3. The third-order valence-corrected chi connectivity index (χ3v) is 6.77. The van der Waals surface area contributed by atoms with Gasteiger partial charge in [0.15, 0.2) is 0 Å². The van der Waals surface area contributed by atoms with Crippen molar-refractivity contribution < 1.29 is 14.4 Å². The molecule has 2 N–H and O–H groups in total. The van der Waals surface area contributed by atoms with Crippen molar-refractivity contribution in [2.75, 3.05) is 7.11 Å². The first-order valence-electron chi connectivity index (χ1n) is 9.89. The summed E-state index contributed by atoms with van der Waals surface area (Å²) in [4.78, 5) is 28.9. The number of imide groups is 1. The molecule has 31 heavy (non-hydrogen) atoms. The fourth-order valence-corrected chi connectivity index (χ4v) is 4.88. The number of carbonyl (C=O) groups is 2. The van der Waals surface area contributed by atoms with Crippen LogP contribution in [-0.4, -0.2) is 18.3 Å². The van der Waals surface area contributed by atoms with Gasteiger partial charge in [-0.1, -0.05) is 43.7 Å². The molecule has 1 fully saturated rings. The van der Waals surface area contributed by atoms with E-state index >= 15 is 0 Å². The van der Waals surface area contributed by atoms with E-state index in [1.807, 2.05) is 18.2 Å². The second kappa shape index (κ2) is 8.19. The minimum atomic E-state index is -0.376. The number of thioether (sulfide) groups is 1. The normalized spacial score (nSPS) is 18.6. The van der Waals surface area contributed by atoms with Gasteiger partial charge >= 0.3 is 0 Å². The Morgan fingerprint density at radius 3 is 2.61 bits per heavy atom. The highest BCUT2D eigenvalue weighted by Crippen LogP contribution is 2.42. The van der Waals surface area contributed by atoms with Crippen LogP contribution in [-0.2, 0) is 15.0 Å². The third-order valence-electron chi connectivity index (χ3n) is 5.63. The number of hydroxylamine groups is 1. The lowest BCUT2D eigenvalue weighted by atomic mass is 9.73. The van der Waals surface area contributed by atoms with Gasteiger partial charge in [-0.2, -0.15) is 0 Å². The lowest BCUT2D eigenvalue weighted by molar-refractivity contribution is -0.115. The predicted molar refractivity (Wildman–Crippen MR) is 126 cm³/mol. The van der Waals surface area contributed by atoms with Gasteiger partial charge in [-0.05, 0) is 77.1 Å². The molecule has 1 aliphatic carbocycles. The third kappa shape index (κ3) is 4.15. The second-order valence-corrected chi connectivity index (χ2v) is 9.74. The van der Waals surface area contributed by atoms with Crippen molar-refractivity contribution in [3.63, 3.8) is 0 Å². The highest BCUT2D eigenvalue weighted by Gasteiger charge is 2.30. The number of nitrogens with one attached hydrogen (secondary N) is 2. The largest absolute Gasteiger partial charge is 0.290 e. The number of benzene rings is 2. The van der Waals surface area contributed by atoms with E-state index in [4.69, 9.17) is 16.4 Å². The SMILES string of the molecule is CONC1=CCC(C)(C)c2cc(C)c(-c3cc(C=C4SC(=O)NC4=O)ccc3Cl)cc21. The van der Waals surface area contributed by atoms with Gasteiger partial charge in [0, 0.05) is 16.1 Å². The van der Waals surface area contributed by atoms with Crippen LogP contribution in [0.15, 0.2) is 41.3 Å². The first-order chi connectivity index (χ1) is 14.7. The summed E-state index contributed by atoms with van der Waals surface area (Å²) in [6, 6.07) is 9.96. The quantitative estimate of drug-likeness (QED) is 0.450. The molecular formula is C24H23ClN2O3S. The van der Waals surface area contributed by atoms with E-state index in [2.05, 4.69) is 49.8 Å². The number of hydrogen-bond donors (Lipinski definition) is 2. The zero-order valence-electron chi connectivity index (χ0n) is 17.8. The highest BCUT2D eigenvalue weighted by atomic mass is 35.5. The van der Waals surface area contributed by atoms with Gasteiger partial charge in [0.2, 0.25) is 0 Å². The Morgan fingerprint density at radius 2 is 1.94 bits per heavy atom. The van der Waals surface area contributed by atoms with Crippen molar-refractivity contribution in [2.45, 2.75) is 32.6 Å². The Bertz CT molecular complexity index is 1170. The molecule has 0 bridgehead atoms. The topological polar surface area (TPSA) is 67.4 Å². The van der Waals surface area contributed by atoms with Crippen LogP contribution < -0.4 is 10.8 Å². The summed E-state index contributed by atoms with van der Waals surface area (Å²) >= 11 is 7.49. The van der Waals surface area contributed by atoms with Crippen LogP contribution in [0.1, 0.15) is 42.5 Å². The van der Waals surface area contributed by atoms with Crippen LogP contribution in [0.3, 0.4) is 0 Å². The van der Waals surface area contributed by atoms with Crippen molar-refractivity contribution >= 4 is 46.3 Å². The fourth-order valence-electron chi connectivity index (χ4n) is 3.98. The summed E-state index contributed by atoms with van der Waals surface area (Å²) in [6.07, 6.45) is 4.77. The Morgan fingerprint density at radius 1 is 1.16 bits per heavy atom. The zero-order valence-corrected chi connectivity index (χ0v) is 19.3. The summed E-state index contributed by atoms with van der Waals surface area (Å²) in [7, 11) is 1.60. The maximum atomic E-state index is 11.9. The summed E-state index contributed by atoms with van der Waals surface area (Å²) in [5.41, 5.74) is 10.1. The average molecular weight is 455 g/mol. The number of allylic oxidation sites excluding steroid dienone is 1. The second-order valence-electron chi connectivity index (χ2n) is 8.32. The molecule has 160 valence electrons. The average Bonchev–Trinajstić information content (AvgIpc) is 3.02. The molecule has 2 aromatic rings. The Labute approximate surface area is 190 Å². The van der Waals surface area contributed by atoms with Crippen molar-refractivity contribution in [3.8, 4) is 11.1 Å². The smallest absolute Gasteiger partial charge is 0.282 e. The minimum Gasteiger partial charge on any atom is -0.282 e. The van der Waals surface area contributed by atoms with E-state index in [-0.39, 0.29) is 16.6 Å². The Hall–Kier alpha value is -2.54. The van der Waals surface area contributed by atoms with Gasteiger partial charge in [-0.15, -0.1) is 0 Å². The van der Waals surface area contributed by atoms with Crippen LogP contribution in [0.2, 0.25) is 5.02 Å². The molecule has 2 aliphatic rings. The number of fused-ring (bicyclic) bond motifs is 1. The molecule has 2 amide bonds. The molecule has 1 aliphatic heterocycles. The fraction of sp³-hybridized carbons (Fsp3) is 0.250. The van der Waals surface area contributed by atoms with Crippen LogP contribution in [0.4, 0.5) is 4.79 Å². The lowest BCUT2D eigenvalue weighted by Crippen LogP contribution is -2.25. The lowest BCUT2D eigenvalue weighted by Gasteiger charge is -2.33. The van der Waals surface area contributed by atoms with E-state index in [0.717, 1.165) is 51.7 Å². The number of hydrogen-bond acceptors (Lipinski definition) is 5. The molecule has 0 atom stereocenters. The maximum absolute atomic E-state index is 11.9. The van der Waals surface area contributed by atoms with Crippen LogP contribution in [0.5, 0.6) is 0 Å². The number of halogens is 1. The first kappa shape index (κ1) is 21.7. The van der Waals surface area contributed by atoms with E-state index < -0.39 is 0 Å². The van der Waals surface area contributed by atoms with Crippen molar-refractivity contribution in [3.05, 3.63) is 68.6 Å². The van der Waals surface area contributed by atoms with Crippen molar-refractivity contribution in [1.29, 1.82) is 0 Å². The van der Waals surface area contributed by atoms with Gasteiger partial charge in [0.1, 0.15) is 0 Å². The molecule has 7 heteroatoms. The molecule has 0 saturated carbocycles.